The van der Waals surface area contributed by atoms with Crippen LogP contribution in [0.2, 0.25) is 5.02 Å². The number of nitrogens with one attached hydrogen (secondary N) is 1. The number of benzene rings is 1. The number of fused-ring (bicyclic) bond motifs is 1. The fourth-order valence-corrected chi connectivity index (χ4v) is 3.61. The van der Waals surface area contributed by atoms with Gasteiger partial charge in [0.1, 0.15) is 17.8 Å². The van der Waals surface area contributed by atoms with Crippen LogP contribution in [0.15, 0.2) is 36.7 Å². The number of anilines is 1. The molecule has 1 unspecified atom stereocenters. The van der Waals surface area contributed by atoms with E-state index in [4.69, 9.17) is 16.3 Å². The fourth-order valence-electron chi connectivity index (χ4n) is 3.43. The third-order valence-electron chi connectivity index (χ3n) is 4.90. The molecule has 0 bridgehead atoms. The maximum absolute atomic E-state index is 13.3. The van der Waals surface area contributed by atoms with Gasteiger partial charge in [-0.2, -0.15) is 4.98 Å². The smallest absolute Gasteiger partial charge is 0.373 e. The van der Waals surface area contributed by atoms with Crippen LogP contribution in [-0.2, 0) is 13.6 Å². The minimum atomic E-state index is -0.590. The molecule has 0 saturated heterocycles. The molecule has 3 aromatic rings. The second kappa shape index (κ2) is 7.79. The maximum atomic E-state index is 13.3. The van der Waals surface area contributed by atoms with Gasteiger partial charge in [0.2, 0.25) is 0 Å². The number of carbonyl (C=O) groups excluding carboxylic acids is 2. The molecule has 4 rings (SSSR count). The molecular formula is C19H18ClFN6O3. The van der Waals surface area contributed by atoms with E-state index in [2.05, 4.69) is 15.4 Å². The lowest BCUT2D eigenvalue weighted by Crippen LogP contribution is -2.33. The molecule has 9 nitrogen and oxygen atoms in total. The number of hydrogen-bond acceptors (Lipinski definition) is 5. The molecular weight excluding hydrogens is 415 g/mol. The van der Waals surface area contributed by atoms with Gasteiger partial charge in [-0.3, -0.25) is 9.48 Å². The first-order valence-corrected chi connectivity index (χ1v) is 9.47. The van der Waals surface area contributed by atoms with E-state index in [0.29, 0.717) is 24.3 Å². The van der Waals surface area contributed by atoms with E-state index in [0.717, 1.165) is 5.69 Å². The lowest BCUT2D eigenvalue weighted by Gasteiger charge is -2.22. The summed E-state index contributed by atoms with van der Waals surface area (Å²) in [6, 6.07) is 7.16. The number of carbonyl (C=O) groups is 2. The first-order valence-electron chi connectivity index (χ1n) is 9.09. The Bertz CT molecular complexity index is 1130. The largest absolute Gasteiger partial charge is 0.418 e. The number of rotatable bonds is 4. The van der Waals surface area contributed by atoms with E-state index in [1.165, 1.54) is 34.1 Å². The van der Waals surface area contributed by atoms with Gasteiger partial charge < -0.3 is 19.5 Å². The van der Waals surface area contributed by atoms with Crippen LogP contribution in [0.3, 0.4) is 0 Å². The molecule has 1 N–H and O–H groups in total. The van der Waals surface area contributed by atoms with Crippen molar-refractivity contribution in [3.63, 3.8) is 0 Å². The van der Waals surface area contributed by atoms with Gasteiger partial charge in [-0.15, -0.1) is 5.10 Å². The van der Waals surface area contributed by atoms with Crippen LogP contribution < -0.4 is 10.1 Å². The van der Waals surface area contributed by atoms with Crippen LogP contribution in [0.4, 0.5) is 14.9 Å². The molecule has 1 atom stereocenters. The Morgan fingerprint density at radius 2 is 2.13 bits per heavy atom. The van der Waals surface area contributed by atoms with Crippen molar-refractivity contribution in [2.75, 3.05) is 12.4 Å². The van der Waals surface area contributed by atoms with E-state index in [9.17, 15) is 14.0 Å². The Labute approximate surface area is 176 Å². The molecule has 1 aliphatic heterocycles. The van der Waals surface area contributed by atoms with E-state index < -0.39 is 11.9 Å². The van der Waals surface area contributed by atoms with Gasteiger partial charge in [0, 0.05) is 32.0 Å². The lowest BCUT2D eigenvalue weighted by atomic mass is 10.2. The second-order valence-electron chi connectivity index (χ2n) is 6.86. The molecule has 2 amide bonds. The first kappa shape index (κ1) is 19.9. The van der Waals surface area contributed by atoms with Crippen molar-refractivity contribution in [3.8, 4) is 6.01 Å². The highest BCUT2D eigenvalue weighted by atomic mass is 35.5. The predicted octanol–water partition coefficient (Wildman–Crippen LogP) is 3.24. The monoisotopic (exact) mass is 432 g/mol. The summed E-state index contributed by atoms with van der Waals surface area (Å²) in [4.78, 5) is 30.5. The van der Waals surface area contributed by atoms with Crippen molar-refractivity contribution in [2.45, 2.75) is 19.0 Å². The first-order chi connectivity index (χ1) is 14.3. The SMILES string of the molecule is CN(C(=O)Oc1ncn(C)n1)C1CCn2c(C(=O)Nc3ccc(F)c(Cl)c3)ccc21. The lowest BCUT2D eigenvalue weighted by molar-refractivity contribution is 0.101. The number of halogens is 2. The summed E-state index contributed by atoms with van der Waals surface area (Å²) in [6.45, 7) is 0.555. The van der Waals surface area contributed by atoms with E-state index in [1.54, 1.807) is 26.2 Å². The molecule has 3 heterocycles. The quantitative estimate of drug-likeness (QED) is 0.683. The highest BCUT2D eigenvalue weighted by molar-refractivity contribution is 6.31. The summed E-state index contributed by atoms with van der Waals surface area (Å²) in [5.74, 6) is -0.913. The summed E-state index contributed by atoms with van der Waals surface area (Å²) >= 11 is 5.77. The van der Waals surface area contributed by atoms with Gasteiger partial charge in [-0.05, 0) is 36.8 Å². The minimum Gasteiger partial charge on any atom is -0.373 e. The summed E-state index contributed by atoms with van der Waals surface area (Å²) in [6.07, 6.45) is 1.47. The third kappa shape index (κ3) is 3.73. The van der Waals surface area contributed by atoms with Crippen molar-refractivity contribution in [1.29, 1.82) is 0 Å². The molecule has 2 aromatic heterocycles. The summed E-state index contributed by atoms with van der Waals surface area (Å²) in [5, 5.41) is 6.56. The zero-order valence-corrected chi connectivity index (χ0v) is 16.9. The normalized spacial score (nSPS) is 15.0. The maximum Gasteiger partial charge on any atom is 0.418 e. The molecule has 1 aliphatic rings. The van der Waals surface area contributed by atoms with Crippen LogP contribution in [0.5, 0.6) is 6.01 Å². The van der Waals surface area contributed by atoms with Gasteiger partial charge in [-0.1, -0.05) is 11.6 Å². The zero-order valence-electron chi connectivity index (χ0n) is 16.2. The summed E-state index contributed by atoms with van der Waals surface area (Å²) in [5.41, 5.74) is 1.63. The highest BCUT2D eigenvalue weighted by Gasteiger charge is 2.33. The Morgan fingerprint density at radius 1 is 1.33 bits per heavy atom. The van der Waals surface area contributed by atoms with E-state index in [1.807, 2.05) is 4.57 Å². The van der Waals surface area contributed by atoms with Crippen LogP contribution >= 0.6 is 11.6 Å². The number of amides is 2. The second-order valence-corrected chi connectivity index (χ2v) is 7.27. The van der Waals surface area contributed by atoms with Gasteiger partial charge in [-0.25, -0.2) is 9.18 Å². The third-order valence-corrected chi connectivity index (χ3v) is 5.19. The fraction of sp³-hybridized carbons (Fsp3) is 0.263. The average Bonchev–Trinajstić information content (AvgIpc) is 3.40. The van der Waals surface area contributed by atoms with Gasteiger partial charge >= 0.3 is 12.1 Å². The Balaban J connectivity index is 1.47. The Hall–Kier alpha value is -3.40. The number of nitrogens with zero attached hydrogens (tertiary/aromatic N) is 5. The topological polar surface area (TPSA) is 94.3 Å². The van der Waals surface area contributed by atoms with Crippen LogP contribution in [0.1, 0.15) is 28.6 Å². The van der Waals surface area contributed by atoms with E-state index in [-0.39, 0.29) is 23.0 Å². The van der Waals surface area contributed by atoms with Crippen molar-refractivity contribution in [2.24, 2.45) is 7.05 Å². The Morgan fingerprint density at radius 3 is 2.83 bits per heavy atom. The molecule has 0 saturated carbocycles. The molecule has 156 valence electrons. The molecule has 0 aliphatic carbocycles. The van der Waals surface area contributed by atoms with Crippen LogP contribution in [0, 0.1) is 5.82 Å². The van der Waals surface area contributed by atoms with Gasteiger partial charge in [0.15, 0.2) is 0 Å². The molecule has 30 heavy (non-hydrogen) atoms. The van der Waals surface area contributed by atoms with Crippen molar-refractivity contribution in [1.82, 2.24) is 24.2 Å². The predicted molar refractivity (Wildman–Crippen MR) is 106 cm³/mol. The van der Waals surface area contributed by atoms with E-state index >= 15 is 0 Å². The minimum absolute atomic E-state index is 0.0271. The number of aryl methyl sites for hydroxylation is 1. The van der Waals surface area contributed by atoms with Crippen LogP contribution in [0.25, 0.3) is 0 Å². The summed E-state index contributed by atoms with van der Waals surface area (Å²) < 4.78 is 21.8. The number of hydrogen-bond donors (Lipinski definition) is 1. The van der Waals surface area contributed by atoms with Crippen molar-refractivity contribution < 1.29 is 18.7 Å². The molecule has 11 heteroatoms. The van der Waals surface area contributed by atoms with Crippen molar-refractivity contribution >= 4 is 29.3 Å². The molecule has 0 radical (unpaired) electrons. The Kier molecular flexibility index (Phi) is 5.17. The average molecular weight is 433 g/mol. The molecule has 0 spiro atoms. The van der Waals surface area contributed by atoms with Gasteiger partial charge in [0.05, 0.1) is 11.1 Å². The summed E-state index contributed by atoms with van der Waals surface area (Å²) in [7, 11) is 3.29. The number of aromatic nitrogens is 4. The molecule has 1 aromatic carbocycles. The number of ether oxygens (including phenoxy) is 1. The zero-order chi connectivity index (χ0) is 21.4. The van der Waals surface area contributed by atoms with Gasteiger partial charge in [0.25, 0.3) is 5.91 Å². The molecule has 0 fully saturated rings. The highest BCUT2D eigenvalue weighted by Crippen LogP contribution is 2.33. The van der Waals surface area contributed by atoms with Crippen LogP contribution in [-0.4, -0.2) is 43.3 Å². The van der Waals surface area contributed by atoms with Crippen molar-refractivity contribution in [3.05, 3.63) is 58.9 Å². The standard InChI is InChI=1S/C19H18ClFN6O3/c1-25-10-22-18(24-25)30-19(29)26(2)14-7-8-27-15(14)5-6-16(27)17(28)23-11-3-4-13(21)12(20)9-11/h3-6,9-10,14H,7-8H2,1-2H3,(H,23,28).